The number of fused-ring (bicyclic) bond motifs is 1. The molecule has 0 atom stereocenters. The van der Waals surface area contributed by atoms with Gasteiger partial charge in [0.2, 0.25) is 0 Å². The molecule has 1 aliphatic rings. The minimum absolute atomic E-state index is 0.198. The Bertz CT molecular complexity index is 762. The van der Waals surface area contributed by atoms with E-state index >= 15 is 0 Å². The molecule has 3 rings (SSSR count). The molecule has 1 N–H and O–H groups in total. The van der Waals surface area contributed by atoms with Crippen LogP contribution in [0.3, 0.4) is 0 Å². The van der Waals surface area contributed by atoms with Gasteiger partial charge in [-0.25, -0.2) is 4.79 Å². The van der Waals surface area contributed by atoms with Gasteiger partial charge in [-0.05, 0) is 50.3 Å². The standard InChI is InChI=1S/C19H21NO3S/c1-12-8-10-13(11-9-12)17(21)20-18-16(19(22)23-2)14-6-4-3-5-7-15(14)24-18/h8-11H,3-7H2,1-2H3,(H,20,21). The Balaban J connectivity index is 1.93. The van der Waals surface area contributed by atoms with E-state index in [1.807, 2.05) is 19.1 Å². The molecule has 4 nitrogen and oxygen atoms in total. The van der Waals surface area contributed by atoms with Crippen molar-refractivity contribution < 1.29 is 14.3 Å². The number of nitrogens with one attached hydrogen (secondary N) is 1. The summed E-state index contributed by atoms with van der Waals surface area (Å²) in [5, 5.41) is 3.53. The maximum absolute atomic E-state index is 12.5. The monoisotopic (exact) mass is 343 g/mol. The lowest BCUT2D eigenvalue weighted by Crippen LogP contribution is -2.14. The van der Waals surface area contributed by atoms with E-state index < -0.39 is 0 Å². The van der Waals surface area contributed by atoms with E-state index in [-0.39, 0.29) is 11.9 Å². The summed E-state index contributed by atoms with van der Waals surface area (Å²) in [4.78, 5) is 26.0. The molecule has 0 saturated heterocycles. The molecule has 126 valence electrons. The Morgan fingerprint density at radius 1 is 1.08 bits per heavy atom. The van der Waals surface area contributed by atoms with E-state index in [2.05, 4.69) is 5.32 Å². The average Bonchev–Trinajstić information content (AvgIpc) is 2.76. The lowest BCUT2D eigenvalue weighted by molar-refractivity contribution is 0.0601. The largest absolute Gasteiger partial charge is 0.465 e. The van der Waals surface area contributed by atoms with E-state index in [0.29, 0.717) is 16.1 Å². The number of hydrogen-bond acceptors (Lipinski definition) is 4. The van der Waals surface area contributed by atoms with Crippen molar-refractivity contribution >= 4 is 28.2 Å². The van der Waals surface area contributed by atoms with Crippen molar-refractivity contribution in [3.05, 3.63) is 51.4 Å². The first kappa shape index (κ1) is 16.7. The number of carbonyl (C=O) groups is 2. The lowest BCUT2D eigenvalue weighted by atomic mass is 10.1. The third-order valence-corrected chi connectivity index (χ3v) is 5.56. The van der Waals surface area contributed by atoms with Crippen molar-refractivity contribution in [3.8, 4) is 0 Å². The maximum Gasteiger partial charge on any atom is 0.341 e. The van der Waals surface area contributed by atoms with Crippen LogP contribution in [-0.4, -0.2) is 19.0 Å². The summed E-state index contributed by atoms with van der Waals surface area (Å²) in [5.74, 6) is -0.565. The summed E-state index contributed by atoms with van der Waals surface area (Å²) < 4.78 is 4.96. The number of carbonyl (C=O) groups excluding carboxylic acids is 2. The highest BCUT2D eigenvalue weighted by Gasteiger charge is 2.26. The van der Waals surface area contributed by atoms with Gasteiger partial charge >= 0.3 is 5.97 Å². The zero-order valence-corrected chi connectivity index (χ0v) is 14.8. The number of amides is 1. The fourth-order valence-electron chi connectivity index (χ4n) is 3.03. The van der Waals surface area contributed by atoms with Crippen LogP contribution in [0.2, 0.25) is 0 Å². The Kier molecular flexibility index (Phi) is 5.00. The summed E-state index contributed by atoms with van der Waals surface area (Å²) in [6.07, 6.45) is 5.20. The number of methoxy groups -OCH3 is 1. The van der Waals surface area contributed by atoms with Gasteiger partial charge in [0.1, 0.15) is 5.00 Å². The number of thiophene rings is 1. The van der Waals surface area contributed by atoms with Gasteiger partial charge in [-0.1, -0.05) is 24.1 Å². The number of benzene rings is 1. The molecule has 1 aromatic carbocycles. The summed E-state index contributed by atoms with van der Waals surface area (Å²) >= 11 is 1.51. The molecule has 0 aliphatic heterocycles. The zero-order chi connectivity index (χ0) is 17.1. The van der Waals surface area contributed by atoms with Crippen LogP contribution in [0.15, 0.2) is 24.3 Å². The third kappa shape index (κ3) is 3.36. The smallest absolute Gasteiger partial charge is 0.341 e. The second-order valence-corrected chi connectivity index (χ2v) is 7.19. The minimum atomic E-state index is -0.367. The highest BCUT2D eigenvalue weighted by molar-refractivity contribution is 7.17. The van der Waals surface area contributed by atoms with Crippen molar-refractivity contribution in [1.29, 1.82) is 0 Å². The normalized spacial score (nSPS) is 13.8. The van der Waals surface area contributed by atoms with Crippen molar-refractivity contribution in [2.24, 2.45) is 0 Å². The number of aryl methyl sites for hydroxylation is 2. The second-order valence-electron chi connectivity index (χ2n) is 6.08. The number of rotatable bonds is 3. The van der Waals surface area contributed by atoms with Crippen LogP contribution in [0, 0.1) is 6.92 Å². The average molecular weight is 343 g/mol. The topological polar surface area (TPSA) is 55.4 Å². The lowest BCUT2D eigenvalue weighted by Gasteiger charge is -2.07. The fraction of sp³-hybridized carbons (Fsp3) is 0.368. The first-order valence-corrected chi connectivity index (χ1v) is 9.02. The van der Waals surface area contributed by atoms with Crippen molar-refractivity contribution in [1.82, 2.24) is 0 Å². The van der Waals surface area contributed by atoms with Crippen LogP contribution in [0.4, 0.5) is 5.00 Å². The molecule has 2 aromatic rings. The maximum atomic E-state index is 12.5. The molecule has 1 amide bonds. The SMILES string of the molecule is COC(=O)c1c(NC(=O)c2ccc(C)cc2)sc2c1CCCCC2. The number of esters is 1. The summed E-state index contributed by atoms with van der Waals surface area (Å²) in [5.41, 5.74) is 3.29. The Morgan fingerprint density at radius 3 is 2.50 bits per heavy atom. The molecule has 5 heteroatoms. The van der Waals surface area contributed by atoms with E-state index in [0.717, 1.165) is 36.8 Å². The van der Waals surface area contributed by atoms with Crippen LogP contribution < -0.4 is 5.32 Å². The van der Waals surface area contributed by atoms with Gasteiger partial charge in [0.05, 0.1) is 12.7 Å². The molecule has 0 fully saturated rings. The molecule has 1 aromatic heterocycles. The molecule has 1 aliphatic carbocycles. The van der Waals surface area contributed by atoms with E-state index in [1.54, 1.807) is 12.1 Å². The van der Waals surface area contributed by atoms with Crippen LogP contribution in [0.5, 0.6) is 0 Å². The predicted molar refractivity (Wildman–Crippen MR) is 96.0 cm³/mol. The predicted octanol–water partition coefficient (Wildman–Crippen LogP) is 4.36. The third-order valence-electron chi connectivity index (χ3n) is 4.35. The first-order chi connectivity index (χ1) is 11.6. The van der Waals surface area contributed by atoms with E-state index in [1.165, 1.54) is 29.7 Å². The molecule has 0 spiro atoms. The van der Waals surface area contributed by atoms with Crippen LogP contribution in [0.25, 0.3) is 0 Å². The first-order valence-electron chi connectivity index (χ1n) is 8.21. The molecule has 0 bridgehead atoms. The summed E-state index contributed by atoms with van der Waals surface area (Å²) in [6, 6.07) is 7.39. The van der Waals surface area contributed by atoms with Crippen LogP contribution in [-0.2, 0) is 17.6 Å². The Labute approximate surface area is 145 Å². The van der Waals surface area contributed by atoms with Gasteiger partial charge in [0.15, 0.2) is 0 Å². The van der Waals surface area contributed by atoms with E-state index in [4.69, 9.17) is 4.74 Å². The molecule has 0 saturated carbocycles. The molecular weight excluding hydrogens is 322 g/mol. The van der Waals surface area contributed by atoms with Gasteiger partial charge in [-0.2, -0.15) is 0 Å². The van der Waals surface area contributed by atoms with Crippen molar-refractivity contribution in [3.63, 3.8) is 0 Å². The quantitative estimate of drug-likeness (QED) is 0.665. The fourth-order valence-corrected chi connectivity index (χ4v) is 4.30. The van der Waals surface area contributed by atoms with Gasteiger partial charge in [-0.15, -0.1) is 11.3 Å². The summed E-state index contributed by atoms with van der Waals surface area (Å²) in [6.45, 7) is 1.98. The Morgan fingerprint density at radius 2 is 1.79 bits per heavy atom. The molecule has 24 heavy (non-hydrogen) atoms. The minimum Gasteiger partial charge on any atom is -0.465 e. The second kappa shape index (κ2) is 7.18. The molecule has 1 heterocycles. The van der Waals surface area contributed by atoms with Crippen molar-refractivity contribution in [2.75, 3.05) is 12.4 Å². The Hall–Kier alpha value is -2.14. The van der Waals surface area contributed by atoms with Crippen molar-refractivity contribution in [2.45, 2.75) is 39.0 Å². The molecule has 0 radical (unpaired) electrons. The molecular formula is C19H21NO3S. The van der Waals surface area contributed by atoms with Gasteiger partial charge < -0.3 is 10.1 Å². The van der Waals surface area contributed by atoms with Gasteiger partial charge in [0.25, 0.3) is 5.91 Å². The van der Waals surface area contributed by atoms with Gasteiger partial charge in [0, 0.05) is 10.4 Å². The molecule has 0 unspecified atom stereocenters. The van der Waals surface area contributed by atoms with E-state index in [9.17, 15) is 9.59 Å². The number of anilines is 1. The van der Waals surface area contributed by atoms with Gasteiger partial charge in [-0.3, -0.25) is 4.79 Å². The van der Waals surface area contributed by atoms with Crippen LogP contribution in [0.1, 0.15) is 56.0 Å². The highest BCUT2D eigenvalue weighted by atomic mass is 32.1. The van der Waals surface area contributed by atoms with Crippen LogP contribution >= 0.6 is 11.3 Å². The summed E-state index contributed by atoms with van der Waals surface area (Å²) in [7, 11) is 1.38. The highest BCUT2D eigenvalue weighted by Crippen LogP contribution is 2.38. The zero-order valence-electron chi connectivity index (χ0n) is 14.0. The number of hydrogen-bond donors (Lipinski definition) is 1. The number of ether oxygens (including phenoxy) is 1.